The quantitative estimate of drug-likeness (QED) is 0.874. The van der Waals surface area contributed by atoms with E-state index in [0.717, 1.165) is 24.6 Å². The van der Waals surface area contributed by atoms with Gasteiger partial charge in [-0.05, 0) is 33.8 Å². The second-order valence-corrected chi connectivity index (χ2v) is 5.40. The van der Waals surface area contributed by atoms with E-state index in [0.29, 0.717) is 13.1 Å². The maximum atomic E-state index is 12.2. The van der Waals surface area contributed by atoms with Gasteiger partial charge in [-0.25, -0.2) is 0 Å². The highest BCUT2D eigenvalue weighted by atomic mass is 16.3. The molecule has 0 radical (unpaired) electrons. The lowest BCUT2D eigenvalue weighted by atomic mass is 10.0. The number of rotatable bonds is 4. The molecule has 1 amide bonds. The molecule has 1 saturated heterocycles. The van der Waals surface area contributed by atoms with Crippen LogP contribution in [0.1, 0.15) is 37.0 Å². The predicted molar refractivity (Wildman–Crippen MR) is 78.6 cm³/mol. The van der Waals surface area contributed by atoms with E-state index in [4.69, 9.17) is 4.42 Å². The molecule has 2 N–H and O–H groups in total. The summed E-state index contributed by atoms with van der Waals surface area (Å²) in [5.41, 5.74) is 1.18. The molecule has 2 unspecified atom stereocenters. The second kappa shape index (κ2) is 6.41. The summed E-state index contributed by atoms with van der Waals surface area (Å²) in [6, 6.07) is 2.15. The molecule has 0 bridgehead atoms. The van der Waals surface area contributed by atoms with Gasteiger partial charge >= 0.3 is 0 Å². The number of carbonyl (C=O) groups is 1. The minimum atomic E-state index is -0.117. The zero-order valence-electron chi connectivity index (χ0n) is 12.8. The summed E-state index contributed by atoms with van der Waals surface area (Å²) in [6.07, 6.45) is 0. The molecule has 0 spiro atoms. The average Bonchev–Trinajstić information content (AvgIpc) is 2.77. The predicted octanol–water partition coefficient (Wildman–Crippen LogP) is 1.37. The number of nitrogens with zero attached hydrogens (tertiary/aromatic N) is 1. The van der Waals surface area contributed by atoms with Crippen LogP contribution in [0.15, 0.2) is 10.5 Å². The fourth-order valence-electron chi connectivity index (χ4n) is 2.96. The Hall–Kier alpha value is -1.33. The van der Waals surface area contributed by atoms with E-state index in [1.165, 1.54) is 5.56 Å². The van der Waals surface area contributed by atoms with Crippen LogP contribution in [0.5, 0.6) is 0 Å². The van der Waals surface area contributed by atoms with Crippen molar-refractivity contribution in [3.05, 3.63) is 23.2 Å². The lowest BCUT2D eigenvalue weighted by molar-refractivity contribution is -0.128. The molecule has 5 nitrogen and oxygen atoms in total. The highest BCUT2D eigenvalue weighted by Crippen LogP contribution is 2.28. The summed E-state index contributed by atoms with van der Waals surface area (Å²) in [5, 5.41) is 6.23. The number of nitrogens with one attached hydrogen (secondary N) is 2. The number of hydrogen-bond donors (Lipinski definition) is 2. The van der Waals surface area contributed by atoms with Gasteiger partial charge in [0.05, 0.1) is 0 Å². The number of aryl methyl sites for hydroxylation is 2. The third-order valence-corrected chi connectivity index (χ3v) is 3.97. The average molecular weight is 279 g/mol. The Morgan fingerprint density at radius 2 is 2.35 bits per heavy atom. The second-order valence-electron chi connectivity index (χ2n) is 5.40. The summed E-state index contributed by atoms with van der Waals surface area (Å²) in [7, 11) is 0. The van der Waals surface area contributed by atoms with Crippen LogP contribution in [0.3, 0.4) is 0 Å². The number of likely N-dealkylation sites (N-methyl/N-ethyl adjacent to an activating group) is 1. The molecule has 1 aliphatic heterocycles. The maximum Gasteiger partial charge on any atom is 0.238 e. The largest absolute Gasteiger partial charge is 0.466 e. The Morgan fingerprint density at radius 1 is 1.60 bits per heavy atom. The van der Waals surface area contributed by atoms with Gasteiger partial charge in [0, 0.05) is 37.8 Å². The van der Waals surface area contributed by atoms with Gasteiger partial charge in [-0.3, -0.25) is 9.69 Å². The zero-order chi connectivity index (χ0) is 14.7. The highest BCUT2D eigenvalue weighted by molar-refractivity contribution is 5.82. The van der Waals surface area contributed by atoms with Gasteiger partial charge in [-0.15, -0.1) is 0 Å². The van der Waals surface area contributed by atoms with Crippen LogP contribution in [0.25, 0.3) is 0 Å². The van der Waals surface area contributed by atoms with Crippen molar-refractivity contribution in [3.63, 3.8) is 0 Å². The van der Waals surface area contributed by atoms with Gasteiger partial charge in [-0.2, -0.15) is 0 Å². The molecule has 0 aromatic carbocycles. The van der Waals surface area contributed by atoms with E-state index in [9.17, 15) is 4.79 Å². The summed E-state index contributed by atoms with van der Waals surface area (Å²) in [6.45, 7) is 11.2. The molecule has 2 atom stereocenters. The smallest absolute Gasteiger partial charge is 0.238 e. The molecule has 0 saturated carbocycles. The van der Waals surface area contributed by atoms with Crippen molar-refractivity contribution < 1.29 is 9.21 Å². The normalized spacial score (nSPS) is 21.7. The number of hydrogen-bond acceptors (Lipinski definition) is 4. The molecule has 1 aliphatic rings. The molecule has 0 aliphatic carbocycles. The first-order valence-corrected chi connectivity index (χ1v) is 7.35. The van der Waals surface area contributed by atoms with Crippen molar-refractivity contribution in [1.29, 1.82) is 0 Å². The number of carbonyl (C=O) groups excluding carboxylic acids is 1. The fraction of sp³-hybridized carbons (Fsp3) is 0.667. The Bertz CT molecular complexity index is 470. The van der Waals surface area contributed by atoms with Crippen LogP contribution in [-0.2, 0) is 4.79 Å². The highest BCUT2D eigenvalue weighted by Gasteiger charge is 2.33. The van der Waals surface area contributed by atoms with Gasteiger partial charge in [0.2, 0.25) is 5.91 Å². The van der Waals surface area contributed by atoms with Gasteiger partial charge < -0.3 is 15.1 Å². The number of piperazine rings is 1. The topological polar surface area (TPSA) is 57.5 Å². The summed E-state index contributed by atoms with van der Waals surface area (Å²) in [4.78, 5) is 14.5. The van der Waals surface area contributed by atoms with Gasteiger partial charge in [0.1, 0.15) is 17.6 Å². The minimum absolute atomic E-state index is 0.101. The van der Waals surface area contributed by atoms with Crippen LogP contribution in [0, 0.1) is 13.8 Å². The molecule has 1 fully saturated rings. The third kappa shape index (κ3) is 3.04. The Balaban J connectivity index is 2.19. The first kappa shape index (κ1) is 15.1. The Morgan fingerprint density at radius 3 is 2.95 bits per heavy atom. The molecule has 2 rings (SSSR count). The Labute approximate surface area is 120 Å². The van der Waals surface area contributed by atoms with Crippen molar-refractivity contribution in [1.82, 2.24) is 15.5 Å². The number of furan rings is 1. The van der Waals surface area contributed by atoms with E-state index >= 15 is 0 Å². The van der Waals surface area contributed by atoms with E-state index in [-0.39, 0.29) is 18.0 Å². The van der Waals surface area contributed by atoms with E-state index in [1.807, 2.05) is 20.8 Å². The monoisotopic (exact) mass is 279 g/mol. The van der Waals surface area contributed by atoms with Crippen LogP contribution in [0.2, 0.25) is 0 Å². The van der Waals surface area contributed by atoms with Crippen LogP contribution >= 0.6 is 0 Å². The van der Waals surface area contributed by atoms with Gasteiger partial charge in [-0.1, -0.05) is 0 Å². The minimum Gasteiger partial charge on any atom is -0.466 e. The van der Waals surface area contributed by atoms with Crippen molar-refractivity contribution in [3.8, 4) is 0 Å². The molecule has 1 aromatic heterocycles. The first-order valence-electron chi connectivity index (χ1n) is 7.35. The van der Waals surface area contributed by atoms with Gasteiger partial charge in [0.15, 0.2) is 0 Å². The first-order chi connectivity index (χ1) is 9.54. The summed E-state index contributed by atoms with van der Waals surface area (Å²) in [5.74, 6) is 1.97. The molecule has 20 heavy (non-hydrogen) atoms. The summed E-state index contributed by atoms with van der Waals surface area (Å²) < 4.78 is 5.63. The van der Waals surface area contributed by atoms with Crippen molar-refractivity contribution in [2.24, 2.45) is 0 Å². The van der Waals surface area contributed by atoms with E-state index < -0.39 is 0 Å². The standard InChI is InChI=1S/C15H25N3O2/c1-5-17-15(19)14-9-16-6-7-18(14)11(3)13-8-10(2)20-12(13)4/h8,11,14,16H,5-7,9H2,1-4H3,(H,17,19). The molecular weight excluding hydrogens is 254 g/mol. The Kier molecular flexibility index (Phi) is 4.83. The molecule has 1 aromatic rings. The van der Waals surface area contributed by atoms with E-state index in [1.54, 1.807) is 0 Å². The van der Waals surface area contributed by atoms with Crippen molar-refractivity contribution >= 4 is 5.91 Å². The molecular formula is C15H25N3O2. The van der Waals surface area contributed by atoms with Crippen molar-refractivity contribution in [2.75, 3.05) is 26.2 Å². The van der Waals surface area contributed by atoms with E-state index in [2.05, 4.69) is 28.5 Å². The van der Waals surface area contributed by atoms with Gasteiger partial charge in [0.25, 0.3) is 0 Å². The fourth-order valence-corrected chi connectivity index (χ4v) is 2.96. The molecule has 2 heterocycles. The lowest BCUT2D eigenvalue weighted by Gasteiger charge is -2.39. The maximum absolute atomic E-state index is 12.2. The van der Waals surface area contributed by atoms with Crippen LogP contribution < -0.4 is 10.6 Å². The number of amides is 1. The molecule has 112 valence electrons. The zero-order valence-corrected chi connectivity index (χ0v) is 12.8. The molecule has 5 heteroatoms. The van der Waals surface area contributed by atoms with Crippen LogP contribution in [0.4, 0.5) is 0 Å². The van der Waals surface area contributed by atoms with Crippen LogP contribution in [-0.4, -0.2) is 43.0 Å². The van der Waals surface area contributed by atoms with Crippen molar-refractivity contribution in [2.45, 2.75) is 39.8 Å². The summed E-state index contributed by atoms with van der Waals surface area (Å²) >= 11 is 0. The SMILES string of the molecule is CCNC(=O)C1CNCCN1C(C)c1cc(C)oc1C. The third-order valence-electron chi connectivity index (χ3n) is 3.97. The lowest BCUT2D eigenvalue weighted by Crippen LogP contribution is -2.58.